The van der Waals surface area contributed by atoms with Gasteiger partial charge < -0.3 is 35.8 Å². The average Bonchev–Trinajstić information content (AvgIpc) is 3.64. The number of aromatic nitrogens is 1. The molecule has 0 bridgehead atoms. The van der Waals surface area contributed by atoms with E-state index in [2.05, 4.69) is 21.3 Å². The van der Waals surface area contributed by atoms with Gasteiger partial charge in [-0.15, -0.1) is 0 Å². The number of amides is 6. The number of fused-ring (bicyclic) bond motifs is 1. The first-order valence-corrected chi connectivity index (χ1v) is 19.3. The van der Waals surface area contributed by atoms with Gasteiger partial charge in [-0.3, -0.25) is 38.5 Å². The fourth-order valence-corrected chi connectivity index (χ4v) is 7.23. The van der Waals surface area contributed by atoms with Crippen LogP contribution in [0.15, 0.2) is 54.3 Å². The number of para-hydroxylation sites is 1. The predicted octanol–water partition coefficient (Wildman–Crippen LogP) is 2.79. The van der Waals surface area contributed by atoms with Crippen molar-refractivity contribution in [2.45, 2.75) is 104 Å². The van der Waals surface area contributed by atoms with Crippen LogP contribution in [0.5, 0.6) is 0 Å². The lowest BCUT2D eigenvalue weighted by atomic mass is 9.76. The van der Waals surface area contributed by atoms with E-state index < -0.39 is 71.0 Å². The molecule has 1 aliphatic rings. The van der Waals surface area contributed by atoms with Crippen molar-refractivity contribution < 1.29 is 38.7 Å². The molecule has 1 aromatic heterocycles. The predicted molar refractivity (Wildman–Crippen MR) is 218 cm³/mol. The summed E-state index contributed by atoms with van der Waals surface area (Å²) in [5.41, 5.74) is 0.894. The van der Waals surface area contributed by atoms with E-state index in [1.165, 1.54) is 4.90 Å². The molecule has 1 aliphatic heterocycles. The first kappa shape index (κ1) is 46.1. The van der Waals surface area contributed by atoms with Crippen molar-refractivity contribution >= 4 is 52.3 Å². The number of carboxylic acids is 1. The SMILES string of the molecule is CNC(C(=O)NC(C(=O)N(C)C(/C=C(\C)C(=O)NC(CCC(=O)NCCN1C(=O)C=CC1=O)CC(=O)O)C(C)C)C(C)(C)C)C(C)(C)c1cn(C)c2ccccc12. The number of nitrogens with one attached hydrogen (secondary N) is 4. The number of imide groups is 1. The molecule has 0 aliphatic carbocycles. The summed E-state index contributed by atoms with van der Waals surface area (Å²) in [5, 5.41) is 22.1. The van der Waals surface area contributed by atoms with Crippen molar-refractivity contribution in [3.8, 4) is 0 Å². The standard InChI is InChI=1S/C42H61N7O8/c1-25(2)31(22-26(3)38(55)45-27(23-35(53)54)16-17-32(50)44-20-21-49-33(51)18-19-34(49)52)48(11)40(57)37(41(4,5)6)46-39(56)36(43-9)42(7,8)29-24-47(10)30-15-13-12-14-28(29)30/h12-15,18-19,22,24-25,27,31,36-37,43H,16-17,20-21,23H2,1-11H3,(H,44,50)(H,45,55)(H,46,56)(H,53,54)/b26-22+. The van der Waals surface area contributed by atoms with Crippen LogP contribution in [0.3, 0.4) is 0 Å². The van der Waals surface area contributed by atoms with Crippen LogP contribution < -0.4 is 21.3 Å². The van der Waals surface area contributed by atoms with Gasteiger partial charge in [-0.1, -0.05) is 72.7 Å². The molecule has 2 heterocycles. The highest BCUT2D eigenvalue weighted by Gasteiger charge is 2.42. The van der Waals surface area contributed by atoms with Crippen molar-refractivity contribution in [3.63, 3.8) is 0 Å². The number of likely N-dealkylation sites (N-methyl/N-ethyl adjacent to an activating group) is 2. The van der Waals surface area contributed by atoms with Gasteiger partial charge in [0, 0.05) is 79.9 Å². The van der Waals surface area contributed by atoms with E-state index in [1.807, 2.05) is 90.5 Å². The van der Waals surface area contributed by atoms with Crippen LogP contribution in [0.25, 0.3) is 10.9 Å². The second-order valence-electron chi connectivity index (χ2n) is 16.8. The van der Waals surface area contributed by atoms with Gasteiger partial charge in [0.1, 0.15) is 6.04 Å². The van der Waals surface area contributed by atoms with E-state index in [0.717, 1.165) is 33.5 Å². The lowest BCUT2D eigenvalue weighted by molar-refractivity contribution is -0.141. The Hall–Kier alpha value is -5.31. The summed E-state index contributed by atoms with van der Waals surface area (Å²) >= 11 is 0. The topological polar surface area (TPSA) is 199 Å². The van der Waals surface area contributed by atoms with Crippen LogP contribution >= 0.6 is 0 Å². The molecular weight excluding hydrogens is 731 g/mol. The molecule has 15 nitrogen and oxygen atoms in total. The molecule has 15 heteroatoms. The zero-order chi connectivity index (χ0) is 43.0. The zero-order valence-electron chi connectivity index (χ0n) is 35.2. The summed E-state index contributed by atoms with van der Waals surface area (Å²) < 4.78 is 2.04. The third kappa shape index (κ3) is 11.6. The number of benzene rings is 1. The van der Waals surface area contributed by atoms with E-state index >= 15 is 0 Å². The zero-order valence-corrected chi connectivity index (χ0v) is 35.2. The van der Waals surface area contributed by atoms with Gasteiger partial charge in [-0.05, 0) is 43.4 Å². The Bertz CT molecular complexity index is 1890. The van der Waals surface area contributed by atoms with Gasteiger partial charge in [0.2, 0.25) is 23.6 Å². The van der Waals surface area contributed by atoms with E-state index in [1.54, 1.807) is 27.1 Å². The normalized spacial score (nSPS) is 15.7. The molecule has 4 unspecified atom stereocenters. The summed E-state index contributed by atoms with van der Waals surface area (Å²) in [6, 6.07) is 4.91. The Labute approximate surface area is 335 Å². The van der Waals surface area contributed by atoms with Crippen LogP contribution in [-0.2, 0) is 46.0 Å². The Morgan fingerprint density at radius 1 is 0.947 bits per heavy atom. The minimum absolute atomic E-state index is 0.00688. The number of nitrogens with zero attached hydrogens (tertiary/aromatic N) is 3. The average molecular weight is 792 g/mol. The molecule has 0 radical (unpaired) electrons. The molecule has 0 fully saturated rings. The number of rotatable bonds is 19. The highest BCUT2D eigenvalue weighted by molar-refractivity contribution is 6.12. The van der Waals surface area contributed by atoms with Gasteiger partial charge >= 0.3 is 5.97 Å². The summed E-state index contributed by atoms with van der Waals surface area (Å²) in [5.74, 6) is -3.92. The summed E-state index contributed by atoms with van der Waals surface area (Å²) in [7, 11) is 5.33. The first-order valence-electron chi connectivity index (χ1n) is 19.3. The number of aryl methyl sites for hydroxylation is 1. The molecular formula is C42H61N7O8. The van der Waals surface area contributed by atoms with Crippen molar-refractivity contribution in [3.05, 3.63) is 59.8 Å². The highest BCUT2D eigenvalue weighted by atomic mass is 16.4. The van der Waals surface area contributed by atoms with Gasteiger partial charge in [0.05, 0.1) is 18.5 Å². The van der Waals surface area contributed by atoms with E-state index in [-0.39, 0.29) is 49.2 Å². The molecule has 0 saturated carbocycles. The van der Waals surface area contributed by atoms with Crippen molar-refractivity contribution in [2.24, 2.45) is 18.4 Å². The van der Waals surface area contributed by atoms with Gasteiger partial charge in [-0.2, -0.15) is 0 Å². The molecule has 2 aromatic rings. The molecule has 5 N–H and O–H groups in total. The molecule has 57 heavy (non-hydrogen) atoms. The van der Waals surface area contributed by atoms with Crippen LogP contribution in [0.4, 0.5) is 0 Å². The Morgan fingerprint density at radius 3 is 2.12 bits per heavy atom. The Morgan fingerprint density at radius 2 is 1.56 bits per heavy atom. The monoisotopic (exact) mass is 791 g/mol. The maximum absolute atomic E-state index is 14.4. The highest BCUT2D eigenvalue weighted by Crippen LogP contribution is 2.35. The molecule has 1 aromatic carbocycles. The molecule has 3 rings (SSSR count). The lowest BCUT2D eigenvalue weighted by Crippen LogP contribution is -2.61. The van der Waals surface area contributed by atoms with Crippen molar-refractivity contribution in [1.82, 2.24) is 35.6 Å². The number of carbonyl (C=O) groups is 7. The van der Waals surface area contributed by atoms with Crippen molar-refractivity contribution in [1.29, 1.82) is 0 Å². The van der Waals surface area contributed by atoms with Crippen LogP contribution in [-0.4, -0.2) is 112 Å². The molecule has 312 valence electrons. The largest absolute Gasteiger partial charge is 0.481 e. The number of carboxylic acid groups (broad SMARTS) is 1. The molecule has 4 atom stereocenters. The number of hydrogen-bond donors (Lipinski definition) is 5. The van der Waals surface area contributed by atoms with E-state index in [4.69, 9.17) is 0 Å². The fourth-order valence-electron chi connectivity index (χ4n) is 7.23. The minimum Gasteiger partial charge on any atom is -0.481 e. The van der Waals surface area contributed by atoms with Gasteiger partial charge in [0.15, 0.2) is 0 Å². The summed E-state index contributed by atoms with van der Waals surface area (Å²) in [4.78, 5) is 92.1. The van der Waals surface area contributed by atoms with Gasteiger partial charge in [0.25, 0.3) is 11.8 Å². The second kappa shape index (κ2) is 19.2. The second-order valence-corrected chi connectivity index (χ2v) is 16.8. The smallest absolute Gasteiger partial charge is 0.305 e. The Balaban J connectivity index is 1.73. The van der Waals surface area contributed by atoms with Crippen LogP contribution in [0.1, 0.15) is 80.2 Å². The lowest BCUT2D eigenvalue weighted by Gasteiger charge is -2.39. The number of carbonyl (C=O) groups excluding carboxylic acids is 6. The maximum atomic E-state index is 14.4. The fraction of sp³-hybridized carbons (Fsp3) is 0.548. The first-order chi connectivity index (χ1) is 26.5. The molecule has 0 saturated heterocycles. The number of aliphatic carboxylic acids is 1. The third-order valence-corrected chi connectivity index (χ3v) is 10.6. The van der Waals surface area contributed by atoms with Gasteiger partial charge in [-0.25, -0.2) is 0 Å². The Kier molecular flexibility index (Phi) is 15.5. The minimum atomic E-state index is -1.16. The van der Waals surface area contributed by atoms with E-state index in [9.17, 15) is 38.7 Å². The van der Waals surface area contributed by atoms with Crippen LogP contribution in [0.2, 0.25) is 0 Å². The quantitative estimate of drug-likeness (QED) is 0.105. The van der Waals surface area contributed by atoms with Crippen molar-refractivity contribution in [2.75, 3.05) is 27.2 Å². The number of hydrogen-bond acceptors (Lipinski definition) is 8. The van der Waals surface area contributed by atoms with Crippen LogP contribution in [0, 0.1) is 11.3 Å². The molecule has 6 amide bonds. The third-order valence-electron chi connectivity index (χ3n) is 10.6. The summed E-state index contributed by atoms with van der Waals surface area (Å²) in [6.45, 7) is 15.0. The van der Waals surface area contributed by atoms with E-state index in [0.29, 0.717) is 0 Å². The molecule has 0 spiro atoms. The summed E-state index contributed by atoms with van der Waals surface area (Å²) in [6.07, 6.45) is 5.46. The maximum Gasteiger partial charge on any atom is 0.305 e.